The normalized spacial score (nSPS) is 13.8. The van der Waals surface area contributed by atoms with Crippen LogP contribution in [0.3, 0.4) is 0 Å². The highest BCUT2D eigenvalue weighted by atomic mass is 19.1. The summed E-state index contributed by atoms with van der Waals surface area (Å²) in [5.41, 5.74) is 7.12. The van der Waals surface area contributed by atoms with Crippen LogP contribution in [0.4, 0.5) is 4.39 Å². The largest absolute Gasteiger partial charge is 0.330 e. The first-order valence-corrected chi connectivity index (χ1v) is 7.06. The zero-order chi connectivity index (χ0) is 14.5. The number of halogens is 1. The summed E-state index contributed by atoms with van der Waals surface area (Å²) in [7, 11) is 0. The fourth-order valence-electron chi connectivity index (χ4n) is 2.28. The molecule has 19 heavy (non-hydrogen) atoms. The second-order valence-electron chi connectivity index (χ2n) is 6.11. The molecule has 0 aliphatic heterocycles. The molecule has 0 spiro atoms. The first-order chi connectivity index (χ1) is 8.88. The molecular formula is C16H27FN2. The van der Waals surface area contributed by atoms with Crippen molar-refractivity contribution < 1.29 is 4.39 Å². The molecule has 0 saturated carbocycles. The predicted octanol–water partition coefficient (Wildman–Crippen LogP) is 3.06. The van der Waals surface area contributed by atoms with Crippen LogP contribution in [0.5, 0.6) is 0 Å². The number of benzene rings is 1. The van der Waals surface area contributed by atoms with E-state index in [1.54, 1.807) is 0 Å². The number of likely N-dealkylation sites (N-methyl/N-ethyl adjacent to an activating group) is 1. The Morgan fingerprint density at radius 1 is 1.26 bits per heavy atom. The molecule has 0 bridgehead atoms. The van der Waals surface area contributed by atoms with Gasteiger partial charge in [-0.2, -0.15) is 0 Å². The fraction of sp³-hybridized carbons (Fsp3) is 0.625. The zero-order valence-electron chi connectivity index (χ0n) is 12.6. The van der Waals surface area contributed by atoms with Gasteiger partial charge in [0.2, 0.25) is 0 Å². The van der Waals surface area contributed by atoms with E-state index in [1.807, 2.05) is 12.1 Å². The van der Waals surface area contributed by atoms with Crippen molar-refractivity contribution in [1.82, 2.24) is 4.90 Å². The monoisotopic (exact) mass is 266 g/mol. The summed E-state index contributed by atoms with van der Waals surface area (Å²) in [6.07, 6.45) is 0.939. The standard InChI is InChI=1S/C16H27FN2/c1-5-19(12-16(3,4)11-18)13(2)10-14-6-8-15(17)9-7-14/h6-9,13H,5,10-12,18H2,1-4H3. The number of rotatable bonds is 7. The molecule has 0 saturated heterocycles. The van der Waals surface area contributed by atoms with Crippen LogP contribution >= 0.6 is 0 Å². The van der Waals surface area contributed by atoms with E-state index in [4.69, 9.17) is 5.73 Å². The molecule has 0 aromatic heterocycles. The van der Waals surface area contributed by atoms with Crippen molar-refractivity contribution in [2.24, 2.45) is 11.1 Å². The molecule has 1 aromatic carbocycles. The summed E-state index contributed by atoms with van der Waals surface area (Å²) in [5.74, 6) is -0.173. The zero-order valence-corrected chi connectivity index (χ0v) is 12.6. The second kappa shape index (κ2) is 7.01. The molecule has 0 heterocycles. The minimum Gasteiger partial charge on any atom is -0.330 e. The van der Waals surface area contributed by atoms with Crippen LogP contribution in [0.2, 0.25) is 0 Å². The van der Waals surface area contributed by atoms with Crippen molar-refractivity contribution in [3.05, 3.63) is 35.6 Å². The van der Waals surface area contributed by atoms with Gasteiger partial charge in [-0.15, -0.1) is 0 Å². The van der Waals surface area contributed by atoms with Gasteiger partial charge in [0.05, 0.1) is 0 Å². The Morgan fingerprint density at radius 3 is 2.32 bits per heavy atom. The van der Waals surface area contributed by atoms with Gasteiger partial charge in [0.1, 0.15) is 5.82 Å². The van der Waals surface area contributed by atoms with Crippen LogP contribution in [0, 0.1) is 11.2 Å². The lowest BCUT2D eigenvalue weighted by molar-refractivity contribution is 0.147. The van der Waals surface area contributed by atoms with Gasteiger partial charge < -0.3 is 10.6 Å². The van der Waals surface area contributed by atoms with Crippen LogP contribution in [0.25, 0.3) is 0 Å². The lowest BCUT2D eigenvalue weighted by atomic mass is 9.92. The van der Waals surface area contributed by atoms with Crippen molar-refractivity contribution in [2.45, 2.75) is 40.2 Å². The third-order valence-electron chi connectivity index (χ3n) is 3.66. The van der Waals surface area contributed by atoms with Crippen LogP contribution in [0.15, 0.2) is 24.3 Å². The van der Waals surface area contributed by atoms with E-state index < -0.39 is 0 Å². The molecule has 1 atom stereocenters. The number of hydrogen-bond acceptors (Lipinski definition) is 2. The van der Waals surface area contributed by atoms with Gasteiger partial charge in [0.15, 0.2) is 0 Å². The Labute approximate surface area is 116 Å². The SMILES string of the molecule is CCN(CC(C)(C)CN)C(C)Cc1ccc(F)cc1. The first-order valence-electron chi connectivity index (χ1n) is 7.06. The van der Waals surface area contributed by atoms with Crippen molar-refractivity contribution >= 4 is 0 Å². The average Bonchev–Trinajstić information content (AvgIpc) is 2.38. The lowest BCUT2D eigenvalue weighted by Gasteiger charge is -2.35. The molecule has 3 heteroatoms. The van der Waals surface area contributed by atoms with E-state index in [-0.39, 0.29) is 11.2 Å². The minimum atomic E-state index is -0.173. The van der Waals surface area contributed by atoms with Gasteiger partial charge in [-0.25, -0.2) is 4.39 Å². The van der Waals surface area contributed by atoms with Crippen molar-refractivity contribution in [3.63, 3.8) is 0 Å². The summed E-state index contributed by atoms with van der Waals surface area (Å²) in [4.78, 5) is 2.44. The third kappa shape index (κ3) is 5.29. The van der Waals surface area contributed by atoms with E-state index in [9.17, 15) is 4.39 Å². The minimum absolute atomic E-state index is 0.132. The number of hydrogen-bond donors (Lipinski definition) is 1. The molecule has 0 aliphatic carbocycles. The summed E-state index contributed by atoms with van der Waals surface area (Å²) >= 11 is 0. The van der Waals surface area contributed by atoms with Crippen molar-refractivity contribution in [3.8, 4) is 0 Å². The topological polar surface area (TPSA) is 29.3 Å². The van der Waals surface area contributed by atoms with Gasteiger partial charge >= 0.3 is 0 Å². The molecule has 0 aliphatic rings. The van der Waals surface area contributed by atoms with Crippen molar-refractivity contribution in [1.29, 1.82) is 0 Å². The summed E-state index contributed by atoms with van der Waals surface area (Å²) < 4.78 is 12.9. The van der Waals surface area contributed by atoms with Crippen molar-refractivity contribution in [2.75, 3.05) is 19.6 Å². The molecule has 2 nitrogen and oxygen atoms in total. The Morgan fingerprint density at radius 2 is 1.84 bits per heavy atom. The number of nitrogens with two attached hydrogens (primary N) is 1. The highest BCUT2D eigenvalue weighted by Gasteiger charge is 2.22. The van der Waals surface area contributed by atoms with Crippen LogP contribution < -0.4 is 5.73 Å². The molecular weight excluding hydrogens is 239 g/mol. The summed E-state index contributed by atoms with van der Waals surface area (Å²) in [6.45, 7) is 11.5. The maximum absolute atomic E-state index is 12.9. The average molecular weight is 266 g/mol. The van der Waals surface area contributed by atoms with E-state index >= 15 is 0 Å². The Bertz CT molecular complexity index is 373. The lowest BCUT2D eigenvalue weighted by Crippen LogP contribution is -2.43. The number of nitrogens with zero attached hydrogens (tertiary/aromatic N) is 1. The predicted molar refractivity (Wildman–Crippen MR) is 79.6 cm³/mol. The molecule has 1 unspecified atom stereocenters. The third-order valence-corrected chi connectivity index (χ3v) is 3.66. The summed E-state index contributed by atoms with van der Waals surface area (Å²) in [5, 5.41) is 0. The Hall–Kier alpha value is -0.930. The van der Waals surface area contributed by atoms with Gasteiger partial charge in [-0.05, 0) is 49.5 Å². The van der Waals surface area contributed by atoms with Gasteiger partial charge in [-0.1, -0.05) is 32.9 Å². The molecule has 0 fully saturated rings. The highest BCUT2D eigenvalue weighted by Crippen LogP contribution is 2.18. The fourth-order valence-corrected chi connectivity index (χ4v) is 2.28. The van der Waals surface area contributed by atoms with Crippen LogP contribution in [0.1, 0.15) is 33.3 Å². The van der Waals surface area contributed by atoms with E-state index in [0.717, 1.165) is 19.5 Å². The van der Waals surface area contributed by atoms with Gasteiger partial charge in [0, 0.05) is 12.6 Å². The quantitative estimate of drug-likeness (QED) is 0.822. The maximum atomic E-state index is 12.9. The second-order valence-corrected chi connectivity index (χ2v) is 6.11. The highest BCUT2D eigenvalue weighted by molar-refractivity contribution is 5.17. The van der Waals surface area contributed by atoms with Crippen LogP contribution in [-0.2, 0) is 6.42 Å². The van der Waals surface area contributed by atoms with E-state index in [0.29, 0.717) is 12.6 Å². The Balaban J connectivity index is 2.63. The maximum Gasteiger partial charge on any atom is 0.123 e. The Kier molecular flexibility index (Phi) is 5.95. The van der Waals surface area contributed by atoms with Crippen LogP contribution in [-0.4, -0.2) is 30.6 Å². The van der Waals surface area contributed by atoms with Gasteiger partial charge in [-0.3, -0.25) is 0 Å². The molecule has 1 aromatic rings. The first kappa shape index (κ1) is 16.1. The molecule has 108 valence electrons. The van der Waals surface area contributed by atoms with E-state index in [2.05, 4.69) is 32.6 Å². The molecule has 0 amide bonds. The van der Waals surface area contributed by atoms with E-state index in [1.165, 1.54) is 17.7 Å². The van der Waals surface area contributed by atoms with Gasteiger partial charge in [0.25, 0.3) is 0 Å². The summed E-state index contributed by atoms with van der Waals surface area (Å²) in [6, 6.07) is 7.23. The molecule has 0 radical (unpaired) electrons. The molecule has 1 rings (SSSR count). The molecule has 2 N–H and O–H groups in total. The smallest absolute Gasteiger partial charge is 0.123 e.